The van der Waals surface area contributed by atoms with Crippen LogP contribution in [0.5, 0.6) is 0 Å². The SMILES string of the molecule is O=S(=O)(c1ccccc1Cl)N1CCCC(c2nc(-c3cccs3)no2)C1. The van der Waals surface area contributed by atoms with Crippen LogP contribution in [0.2, 0.25) is 5.02 Å². The van der Waals surface area contributed by atoms with Crippen LogP contribution >= 0.6 is 22.9 Å². The van der Waals surface area contributed by atoms with Crippen LogP contribution in [0, 0.1) is 0 Å². The molecule has 9 heteroatoms. The van der Waals surface area contributed by atoms with E-state index in [1.165, 1.54) is 21.7 Å². The van der Waals surface area contributed by atoms with Crippen LogP contribution in [0.4, 0.5) is 0 Å². The summed E-state index contributed by atoms with van der Waals surface area (Å²) in [4.78, 5) is 5.53. The molecule has 1 unspecified atom stereocenters. The van der Waals surface area contributed by atoms with Crippen LogP contribution in [0.3, 0.4) is 0 Å². The van der Waals surface area contributed by atoms with E-state index in [1.54, 1.807) is 18.2 Å². The lowest BCUT2D eigenvalue weighted by atomic mass is 10.00. The van der Waals surface area contributed by atoms with Gasteiger partial charge in [0.15, 0.2) is 0 Å². The van der Waals surface area contributed by atoms with E-state index in [2.05, 4.69) is 10.1 Å². The van der Waals surface area contributed by atoms with Gasteiger partial charge in [0.2, 0.25) is 21.7 Å². The lowest BCUT2D eigenvalue weighted by Crippen LogP contribution is -2.39. The van der Waals surface area contributed by atoms with Gasteiger partial charge in [-0.3, -0.25) is 0 Å². The number of benzene rings is 1. The first-order chi connectivity index (χ1) is 12.6. The van der Waals surface area contributed by atoms with Crippen molar-refractivity contribution >= 4 is 33.0 Å². The molecule has 136 valence electrons. The van der Waals surface area contributed by atoms with Crippen LogP contribution < -0.4 is 0 Å². The van der Waals surface area contributed by atoms with Gasteiger partial charge in [-0.25, -0.2) is 8.42 Å². The fourth-order valence-corrected chi connectivity index (χ4v) is 5.73. The lowest BCUT2D eigenvalue weighted by Gasteiger charge is -2.30. The highest BCUT2D eigenvalue weighted by atomic mass is 35.5. The predicted molar refractivity (Wildman–Crippen MR) is 99.8 cm³/mol. The molecule has 0 N–H and O–H groups in total. The summed E-state index contributed by atoms with van der Waals surface area (Å²) >= 11 is 7.63. The van der Waals surface area contributed by atoms with E-state index < -0.39 is 10.0 Å². The van der Waals surface area contributed by atoms with Gasteiger partial charge >= 0.3 is 0 Å². The number of sulfonamides is 1. The molecular weight excluding hydrogens is 394 g/mol. The Morgan fingerprint density at radius 1 is 1.23 bits per heavy atom. The third-order valence-electron chi connectivity index (χ3n) is 4.37. The number of hydrogen-bond acceptors (Lipinski definition) is 6. The number of halogens is 1. The highest BCUT2D eigenvalue weighted by Gasteiger charge is 2.34. The summed E-state index contributed by atoms with van der Waals surface area (Å²) in [5.41, 5.74) is 0. The second-order valence-electron chi connectivity index (χ2n) is 6.07. The van der Waals surface area contributed by atoms with Crippen molar-refractivity contribution in [3.05, 3.63) is 52.7 Å². The molecule has 1 aliphatic heterocycles. The maximum Gasteiger partial charge on any atom is 0.244 e. The first-order valence-electron chi connectivity index (χ1n) is 8.18. The molecule has 1 saturated heterocycles. The van der Waals surface area contributed by atoms with E-state index in [0.29, 0.717) is 24.8 Å². The summed E-state index contributed by atoms with van der Waals surface area (Å²) < 4.78 is 32.8. The standard InChI is InChI=1S/C17H16ClN3O3S2/c18-13-6-1-2-8-15(13)26(22,23)21-9-3-5-12(11-21)17-19-16(20-24-17)14-7-4-10-25-14/h1-2,4,6-8,10,12H,3,5,9,11H2. The van der Waals surface area contributed by atoms with Crippen molar-refractivity contribution in [1.82, 2.24) is 14.4 Å². The maximum absolute atomic E-state index is 13.0. The van der Waals surface area contributed by atoms with E-state index >= 15 is 0 Å². The summed E-state index contributed by atoms with van der Waals surface area (Å²) in [7, 11) is -3.66. The Balaban J connectivity index is 1.57. The first kappa shape index (κ1) is 17.7. The highest BCUT2D eigenvalue weighted by molar-refractivity contribution is 7.89. The van der Waals surface area contributed by atoms with Crippen molar-refractivity contribution in [2.45, 2.75) is 23.7 Å². The molecule has 1 aromatic carbocycles. The van der Waals surface area contributed by atoms with Crippen molar-refractivity contribution in [2.24, 2.45) is 0 Å². The number of rotatable bonds is 4. The monoisotopic (exact) mass is 409 g/mol. The molecule has 0 radical (unpaired) electrons. The topological polar surface area (TPSA) is 76.3 Å². The molecule has 0 bridgehead atoms. The van der Waals surface area contributed by atoms with Gasteiger partial charge in [-0.15, -0.1) is 11.3 Å². The van der Waals surface area contributed by atoms with E-state index in [1.807, 2.05) is 17.5 Å². The van der Waals surface area contributed by atoms with E-state index in [9.17, 15) is 8.42 Å². The Morgan fingerprint density at radius 3 is 2.85 bits per heavy atom. The van der Waals surface area contributed by atoms with Crippen molar-refractivity contribution < 1.29 is 12.9 Å². The fourth-order valence-electron chi connectivity index (χ4n) is 3.06. The van der Waals surface area contributed by atoms with Crippen LogP contribution in [0.1, 0.15) is 24.7 Å². The van der Waals surface area contributed by atoms with Gasteiger partial charge in [-0.1, -0.05) is 35.0 Å². The van der Waals surface area contributed by atoms with Gasteiger partial charge in [-0.05, 0) is 36.4 Å². The van der Waals surface area contributed by atoms with Gasteiger partial charge < -0.3 is 4.52 Å². The predicted octanol–water partition coefficient (Wildman–Crippen LogP) is 4.02. The van der Waals surface area contributed by atoms with E-state index in [4.69, 9.17) is 16.1 Å². The zero-order chi connectivity index (χ0) is 18.1. The van der Waals surface area contributed by atoms with E-state index in [0.717, 1.165) is 17.7 Å². The Hall–Kier alpha value is -1.74. The van der Waals surface area contributed by atoms with Gasteiger partial charge in [-0.2, -0.15) is 9.29 Å². The molecule has 26 heavy (non-hydrogen) atoms. The molecule has 4 rings (SSSR count). The molecule has 1 fully saturated rings. The largest absolute Gasteiger partial charge is 0.339 e. The minimum Gasteiger partial charge on any atom is -0.339 e. The van der Waals surface area contributed by atoms with Crippen molar-refractivity contribution in [3.63, 3.8) is 0 Å². The minimum absolute atomic E-state index is 0.123. The Kier molecular flexibility index (Phi) is 4.83. The average molecular weight is 410 g/mol. The second-order valence-corrected chi connectivity index (χ2v) is 9.33. The third kappa shape index (κ3) is 3.29. The molecule has 0 saturated carbocycles. The number of piperidine rings is 1. The number of hydrogen-bond donors (Lipinski definition) is 0. The summed E-state index contributed by atoms with van der Waals surface area (Å²) in [6.45, 7) is 0.760. The van der Waals surface area contributed by atoms with Crippen LogP contribution in [-0.4, -0.2) is 36.0 Å². The summed E-state index contributed by atoms with van der Waals surface area (Å²) in [5, 5.41) is 6.21. The maximum atomic E-state index is 13.0. The van der Waals surface area contributed by atoms with Crippen molar-refractivity contribution in [2.75, 3.05) is 13.1 Å². The molecule has 0 aliphatic carbocycles. The van der Waals surface area contributed by atoms with Gasteiger partial charge in [0.25, 0.3) is 0 Å². The smallest absolute Gasteiger partial charge is 0.244 e. The molecule has 3 aromatic rings. The van der Waals surface area contributed by atoms with Crippen LogP contribution in [0.15, 0.2) is 51.2 Å². The zero-order valence-corrected chi connectivity index (χ0v) is 16.1. The quantitative estimate of drug-likeness (QED) is 0.650. The zero-order valence-electron chi connectivity index (χ0n) is 13.7. The van der Waals surface area contributed by atoms with Gasteiger partial charge in [0.05, 0.1) is 15.8 Å². The van der Waals surface area contributed by atoms with Crippen LogP contribution in [0.25, 0.3) is 10.7 Å². The van der Waals surface area contributed by atoms with Crippen molar-refractivity contribution in [1.29, 1.82) is 0 Å². The average Bonchev–Trinajstić information content (AvgIpc) is 3.33. The molecule has 3 heterocycles. The first-order valence-corrected chi connectivity index (χ1v) is 10.9. The molecule has 1 atom stereocenters. The molecule has 0 spiro atoms. The third-order valence-corrected chi connectivity index (χ3v) is 7.60. The summed E-state index contributed by atoms with van der Waals surface area (Å²) in [5.74, 6) is 0.899. The molecule has 6 nitrogen and oxygen atoms in total. The van der Waals surface area contributed by atoms with Gasteiger partial charge in [0, 0.05) is 13.1 Å². The minimum atomic E-state index is -3.66. The van der Waals surface area contributed by atoms with Crippen molar-refractivity contribution in [3.8, 4) is 10.7 Å². The molecular formula is C17H16ClN3O3S2. The lowest BCUT2D eigenvalue weighted by molar-refractivity contribution is 0.265. The molecule has 0 amide bonds. The molecule has 2 aromatic heterocycles. The summed E-state index contributed by atoms with van der Waals surface area (Å²) in [6, 6.07) is 10.4. The Bertz CT molecular complexity index is 1000. The number of aromatic nitrogens is 2. The fraction of sp³-hybridized carbons (Fsp3) is 0.294. The summed E-state index contributed by atoms with van der Waals surface area (Å²) in [6.07, 6.45) is 1.53. The molecule has 1 aliphatic rings. The Labute approximate surface area is 160 Å². The van der Waals surface area contributed by atoms with Gasteiger partial charge in [0.1, 0.15) is 4.90 Å². The Morgan fingerprint density at radius 2 is 2.08 bits per heavy atom. The second kappa shape index (κ2) is 7.11. The number of thiophene rings is 1. The number of nitrogens with zero attached hydrogens (tertiary/aromatic N) is 3. The van der Waals surface area contributed by atoms with E-state index in [-0.39, 0.29) is 15.8 Å². The highest BCUT2D eigenvalue weighted by Crippen LogP contribution is 2.32. The van der Waals surface area contributed by atoms with Crippen LogP contribution in [-0.2, 0) is 10.0 Å². The normalized spacial score (nSPS) is 18.9.